The Bertz CT molecular complexity index is 413. The van der Waals surface area contributed by atoms with Crippen LogP contribution in [0.1, 0.15) is 25.0 Å². The number of ether oxygens (including phenoxy) is 1. The molecule has 0 atom stereocenters. The summed E-state index contributed by atoms with van der Waals surface area (Å²) in [4.78, 5) is 11.8. The number of aryl methyl sites for hydroxylation is 2. The van der Waals surface area contributed by atoms with Gasteiger partial charge in [-0.25, -0.2) is 0 Å². The fourth-order valence-corrected chi connectivity index (χ4v) is 1.72. The summed E-state index contributed by atoms with van der Waals surface area (Å²) in [6, 6.07) is 3.81. The number of amides is 1. The predicted molar refractivity (Wildman–Crippen MR) is 74.1 cm³/mol. The number of hydrogen-bond acceptors (Lipinski definition) is 2. The third-order valence-electron chi connectivity index (χ3n) is 2.46. The van der Waals surface area contributed by atoms with E-state index in [4.69, 9.17) is 4.74 Å². The zero-order chi connectivity index (χ0) is 13.2. The van der Waals surface area contributed by atoms with Crippen molar-refractivity contribution >= 4 is 27.5 Å². The molecule has 94 valence electrons. The standard InChI is InChI=1S/C13H18BrNO2/c1-8-6-10(7-9(2)11(8)17-5)15-12(16)13(3,4)14/h6-7H,1-5H3,(H,15,16). The normalized spacial score (nSPS) is 11.2. The molecule has 1 aromatic rings. The third-order valence-corrected chi connectivity index (χ3v) is 2.82. The van der Waals surface area contributed by atoms with Gasteiger partial charge in [-0.2, -0.15) is 0 Å². The van der Waals surface area contributed by atoms with Crippen molar-refractivity contribution in [2.45, 2.75) is 32.0 Å². The minimum atomic E-state index is -0.575. The topological polar surface area (TPSA) is 38.3 Å². The highest BCUT2D eigenvalue weighted by molar-refractivity contribution is 9.10. The molecule has 0 aliphatic rings. The van der Waals surface area contributed by atoms with Crippen LogP contribution in [0.4, 0.5) is 5.69 Å². The molecule has 0 aliphatic heterocycles. The predicted octanol–water partition coefficient (Wildman–Crippen LogP) is 3.42. The Labute approximate surface area is 111 Å². The Hall–Kier alpha value is -1.03. The van der Waals surface area contributed by atoms with E-state index in [1.54, 1.807) is 7.11 Å². The lowest BCUT2D eigenvalue weighted by Crippen LogP contribution is -2.31. The number of carbonyl (C=O) groups is 1. The van der Waals surface area contributed by atoms with Gasteiger partial charge < -0.3 is 10.1 Å². The maximum Gasteiger partial charge on any atom is 0.240 e. The van der Waals surface area contributed by atoms with E-state index in [-0.39, 0.29) is 5.91 Å². The fourth-order valence-electron chi connectivity index (χ4n) is 1.62. The summed E-state index contributed by atoms with van der Waals surface area (Å²) >= 11 is 3.33. The van der Waals surface area contributed by atoms with Crippen molar-refractivity contribution in [3.8, 4) is 5.75 Å². The van der Waals surface area contributed by atoms with E-state index in [2.05, 4.69) is 21.2 Å². The zero-order valence-corrected chi connectivity index (χ0v) is 12.4. The number of nitrogens with one attached hydrogen (secondary N) is 1. The van der Waals surface area contributed by atoms with Crippen LogP contribution in [0.25, 0.3) is 0 Å². The van der Waals surface area contributed by atoms with Crippen LogP contribution in [0.5, 0.6) is 5.75 Å². The van der Waals surface area contributed by atoms with Gasteiger partial charge in [0.15, 0.2) is 0 Å². The smallest absolute Gasteiger partial charge is 0.240 e. The SMILES string of the molecule is COc1c(C)cc(NC(=O)C(C)(C)Br)cc1C. The van der Waals surface area contributed by atoms with Crippen molar-refractivity contribution < 1.29 is 9.53 Å². The van der Waals surface area contributed by atoms with Crippen LogP contribution in [0.15, 0.2) is 12.1 Å². The van der Waals surface area contributed by atoms with Gasteiger partial charge in [-0.1, -0.05) is 15.9 Å². The molecule has 0 fully saturated rings. The summed E-state index contributed by atoms with van der Waals surface area (Å²) in [6.07, 6.45) is 0. The van der Waals surface area contributed by atoms with Crippen molar-refractivity contribution in [3.63, 3.8) is 0 Å². The molecule has 1 N–H and O–H groups in total. The van der Waals surface area contributed by atoms with E-state index in [1.807, 2.05) is 39.8 Å². The van der Waals surface area contributed by atoms with Crippen LogP contribution in [0.3, 0.4) is 0 Å². The molecule has 0 aliphatic carbocycles. The maximum absolute atomic E-state index is 11.8. The largest absolute Gasteiger partial charge is 0.496 e. The number of methoxy groups -OCH3 is 1. The summed E-state index contributed by atoms with van der Waals surface area (Å²) in [5, 5.41) is 2.87. The molecule has 0 spiro atoms. The summed E-state index contributed by atoms with van der Waals surface area (Å²) in [6.45, 7) is 7.54. The molecular weight excluding hydrogens is 282 g/mol. The van der Waals surface area contributed by atoms with E-state index >= 15 is 0 Å². The van der Waals surface area contributed by atoms with E-state index < -0.39 is 4.32 Å². The molecule has 3 nitrogen and oxygen atoms in total. The Kier molecular flexibility index (Phi) is 4.20. The number of rotatable bonds is 3. The maximum atomic E-state index is 11.8. The Morgan fingerprint density at radius 2 is 1.76 bits per heavy atom. The van der Waals surface area contributed by atoms with Gasteiger partial charge in [0.1, 0.15) is 5.75 Å². The third kappa shape index (κ3) is 3.46. The summed E-state index contributed by atoms with van der Waals surface area (Å²) in [7, 11) is 1.65. The van der Waals surface area contributed by atoms with Crippen molar-refractivity contribution in [1.82, 2.24) is 0 Å². The van der Waals surface area contributed by atoms with Crippen molar-refractivity contribution in [1.29, 1.82) is 0 Å². The summed E-state index contributed by atoms with van der Waals surface area (Å²) in [5.74, 6) is 0.794. The highest BCUT2D eigenvalue weighted by atomic mass is 79.9. The van der Waals surface area contributed by atoms with Crippen LogP contribution in [-0.4, -0.2) is 17.3 Å². The quantitative estimate of drug-likeness (QED) is 0.869. The minimum Gasteiger partial charge on any atom is -0.496 e. The number of alkyl halides is 1. The first-order valence-corrected chi connectivity index (χ1v) is 6.20. The summed E-state index contributed by atoms with van der Waals surface area (Å²) < 4.78 is 4.71. The van der Waals surface area contributed by atoms with Crippen molar-refractivity contribution in [2.24, 2.45) is 0 Å². The zero-order valence-electron chi connectivity index (χ0n) is 10.8. The number of halogens is 1. The Morgan fingerprint density at radius 3 is 2.12 bits per heavy atom. The lowest BCUT2D eigenvalue weighted by molar-refractivity contribution is -0.117. The van der Waals surface area contributed by atoms with E-state index in [1.165, 1.54) is 0 Å². The lowest BCUT2D eigenvalue weighted by atomic mass is 10.1. The lowest BCUT2D eigenvalue weighted by Gasteiger charge is -2.17. The van der Waals surface area contributed by atoms with Gasteiger partial charge >= 0.3 is 0 Å². The molecule has 1 amide bonds. The van der Waals surface area contributed by atoms with Crippen LogP contribution in [0.2, 0.25) is 0 Å². The molecule has 0 unspecified atom stereocenters. The van der Waals surface area contributed by atoms with Crippen LogP contribution < -0.4 is 10.1 Å². The molecule has 1 aromatic carbocycles. The monoisotopic (exact) mass is 299 g/mol. The highest BCUT2D eigenvalue weighted by Crippen LogP contribution is 2.27. The van der Waals surface area contributed by atoms with Crippen molar-refractivity contribution in [2.75, 3.05) is 12.4 Å². The molecule has 0 saturated carbocycles. The van der Waals surface area contributed by atoms with E-state index in [9.17, 15) is 4.79 Å². The first kappa shape index (κ1) is 14.0. The number of carbonyl (C=O) groups excluding carboxylic acids is 1. The second kappa shape index (κ2) is 5.08. The minimum absolute atomic E-state index is 0.0681. The van der Waals surface area contributed by atoms with Gasteiger partial charge in [-0.15, -0.1) is 0 Å². The molecule has 0 bridgehead atoms. The van der Waals surface area contributed by atoms with Gasteiger partial charge in [0.05, 0.1) is 11.4 Å². The molecule has 4 heteroatoms. The second-order valence-corrected chi connectivity index (χ2v) is 6.55. The molecule has 0 aromatic heterocycles. The molecule has 0 heterocycles. The van der Waals surface area contributed by atoms with Crippen LogP contribution in [0, 0.1) is 13.8 Å². The molecule has 17 heavy (non-hydrogen) atoms. The van der Waals surface area contributed by atoms with Gasteiger partial charge in [-0.05, 0) is 51.0 Å². The van der Waals surface area contributed by atoms with Gasteiger partial charge in [0, 0.05) is 5.69 Å². The van der Waals surface area contributed by atoms with E-state index in [0.29, 0.717) is 0 Å². The number of anilines is 1. The van der Waals surface area contributed by atoms with E-state index in [0.717, 1.165) is 22.6 Å². The van der Waals surface area contributed by atoms with Gasteiger partial charge in [0.2, 0.25) is 5.91 Å². The van der Waals surface area contributed by atoms with Crippen LogP contribution in [-0.2, 0) is 4.79 Å². The first-order valence-electron chi connectivity index (χ1n) is 5.41. The Morgan fingerprint density at radius 1 is 1.29 bits per heavy atom. The fraction of sp³-hybridized carbons (Fsp3) is 0.462. The average molecular weight is 300 g/mol. The number of benzene rings is 1. The molecule has 0 saturated heterocycles. The average Bonchev–Trinajstić information content (AvgIpc) is 2.15. The second-order valence-electron chi connectivity index (χ2n) is 4.57. The molecular formula is C13H18BrNO2. The highest BCUT2D eigenvalue weighted by Gasteiger charge is 2.23. The van der Waals surface area contributed by atoms with Crippen molar-refractivity contribution in [3.05, 3.63) is 23.3 Å². The summed E-state index contributed by atoms with van der Waals surface area (Å²) in [5.41, 5.74) is 2.81. The number of hydrogen-bond donors (Lipinski definition) is 1. The molecule has 0 radical (unpaired) electrons. The first-order chi connectivity index (χ1) is 7.75. The Balaban J connectivity index is 2.99. The molecule has 1 rings (SSSR count). The van der Waals surface area contributed by atoms with Gasteiger partial charge in [0.25, 0.3) is 0 Å². The van der Waals surface area contributed by atoms with Gasteiger partial charge in [-0.3, -0.25) is 4.79 Å². The van der Waals surface area contributed by atoms with Crippen LogP contribution >= 0.6 is 15.9 Å².